The largest absolute Gasteiger partial charge is 0.481 e. The molecule has 0 aromatic heterocycles. The third kappa shape index (κ3) is 9.36. The van der Waals surface area contributed by atoms with E-state index in [2.05, 4.69) is 18.5 Å². The van der Waals surface area contributed by atoms with Crippen LogP contribution in [0.2, 0.25) is 0 Å². The highest BCUT2D eigenvalue weighted by Crippen LogP contribution is 2.07. The molecule has 0 aromatic carbocycles. The highest BCUT2D eigenvalue weighted by atomic mass is 16.5. The van der Waals surface area contributed by atoms with E-state index in [1.54, 1.807) is 0 Å². The fraction of sp³-hybridized carbons (Fsp3) is 0.471. The van der Waals surface area contributed by atoms with E-state index in [0.29, 0.717) is 4.90 Å². The number of hydrogen-bond donors (Lipinski definition) is 3. The highest BCUT2D eigenvalue weighted by Gasteiger charge is 2.32. The highest BCUT2D eigenvalue weighted by molar-refractivity contribution is 5.88. The number of ether oxygens (including phenoxy) is 2. The van der Waals surface area contributed by atoms with Crippen molar-refractivity contribution in [1.82, 2.24) is 10.2 Å². The number of nitrogens with one attached hydrogen (secondary N) is 1. The zero-order valence-corrected chi connectivity index (χ0v) is 15.7. The van der Waals surface area contributed by atoms with Crippen LogP contribution in [0.5, 0.6) is 0 Å². The number of rotatable bonds is 12. The molecule has 1 atom stereocenters. The third-order valence-corrected chi connectivity index (χ3v) is 3.16. The van der Waals surface area contributed by atoms with Gasteiger partial charge < -0.3 is 29.9 Å². The minimum absolute atomic E-state index is 0.107. The molecule has 0 saturated carbocycles. The van der Waals surface area contributed by atoms with Gasteiger partial charge in [-0.05, 0) is 13.8 Å². The quantitative estimate of drug-likeness (QED) is 0.236. The van der Waals surface area contributed by atoms with Gasteiger partial charge in [0.2, 0.25) is 0 Å². The first-order valence-electron chi connectivity index (χ1n) is 8.11. The van der Waals surface area contributed by atoms with Crippen LogP contribution in [0.3, 0.4) is 0 Å². The number of carboxylic acid groups (broad SMARTS) is 2. The minimum atomic E-state index is -1.70. The van der Waals surface area contributed by atoms with Crippen molar-refractivity contribution in [2.75, 3.05) is 26.3 Å². The van der Waals surface area contributed by atoms with Crippen molar-refractivity contribution in [2.24, 2.45) is 0 Å². The van der Waals surface area contributed by atoms with Crippen LogP contribution in [0.25, 0.3) is 0 Å². The van der Waals surface area contributed by atoms with Gasteiger partial charge in [0.05, 0.1) is 19.5 Å². The van der Waals surface area contributed by atoms with Gasteiger partial charge in [-0.1, -0.05) is 13.2 Å². The maximum absolute atomic E-state index is 12.3. The molecule has 3 N–H and O–H groups in total. The van der Waals surface area contributed by atoms with Crippen molar-refractivity contribution in [3.05, 3.63) is 24.3 Å². The monoisotopic (exact) mass is 400 g/mol. The summed E-state index contributed by atoms with van der Waals surface area (Å²) in [6.45, 7) is 8.52. The fourth-order valence-electron chi connectivity index (χ4n) is 1.78. The summed E-state index contributed by atoms with van der Waals surface area (Å²) in [6.07, 6.45) is -0.859. The molecule has 0 rings (SSSR count). The fourth-order valence-corrected chi connectivity index (χ4v) is 1.78. The Kier molecular flexibility index (Phi) is 10.6. The third-order valence-electron chi connectivity index (χ3n) is 3.16. The molecule has 1 unspecified atom stereocenters. The molecule has 0 spiro atoms. The number of urea groups is 1. The topological polar surface area (TPSA) is 160 Å². The van der Waals surface area contributed by atoms with Crippen LogP contribution in [-0.2, 0) is 28.7 Å². The van der Waals surface area contributed by atoms with Crippen molar-refractivity contribution in [2.45, 2.75) is 26.3 Å². The van der Waals surface area contributed by atoms with E-state index in [1.807, 2.05) is 0 Å². The Hall–Kier alpha value is -3.37. The maximum atomic E-state index is 12.3. The zero-order chi connectivity index (χ0) is 21.9. The Bertz CT molecular complexity index is 657. The summed E-state index contributed by atoms with van der Waals surface area (Å²) in [5, 5.41) is 20.5. The molecule has 0 saturated heterocycles. The van der Waals surface area contributed by atoms with Crippen LogP contribution in [0.1, 0.15) is 20.3 Å². The molecule has 0 aliphatic heterocycles. The summed E-state index contributed by atoms with van der Waals surface area (Å²) in [7, 11) is 0. The second kappa shape index (κ2) is 12.1. The molecule has 0 aliphatic carbocycles. The van der Waals surface area contributed by atoms with Gasteiger partial charge in [0, 0.05) is 11.1 Å². The van der Waals surface area contributed by atoms with Crippen molar-refractivity contribution in [3.63, 3.8) is 0 Å². The van der Waals surface area contributed by atoms with E-state index in [1.165, 1.54) is 13.8 Å². The van der Waals surface area contributed by atoms with Gasteiger partial charge in [-0.25, -0.2) is 19.2 Å². The molecule has 11 heteroatoms. The number of hydrogen-bond acceptors (Lipinski definition) is 7. The predicted molar refractivity (Wildman–Crippen MR) is 95.3 cm³/mol. The van der Waals surface area contributed by atoms with Gasteiger partial charge >= 0.3 is 29.9 Å². The van der Waals surface area contributed by atoms with Gasteiger partial charge in [-0.2, -0.15) is 0 Å². The minimum Gasteiger partial charge on any atom is -0.481 e. The number of esters is 2. The molecule has 156 valence electrons. The Morgan fingerprint density at radius 1 is 0.964 bits per heavy atom. The second-order valence-electron chi connectivity index (χ2n) is 5.71. The molecule has 28 heavy (non-hydrogen) atoms. The molecule has 11 nitrogen and oxygen atoms in total. The summed E-state index contributed by atoms with van der Waals surface area (Å²) >= 11 is 0. The molecule has 0 radical (unpaired) electrons. The predicted octanol–water partition coefficient (Wildman–Crippen LogP) is 0.165. The molecule has 0 heterocycles. The van der Waals surface area contributed by atoms with E-state index in [9.17, 15) is 29.1 Å². The van der Waals surface area contributed by atoms with Crippen LogP contribution in [-0.4, -0.2) is 77.4 Å². The van der Waals surface area contributed by atoms with Gasteiger partial charge in [-0.3, -0.25) is 4.79 Å². The van der Waals surface area contributed by atoms with Gasteiger partial charge in [0.1, 0.15) is 19.3 Å². The van der Waals surface area contributed by atoms with Crippen molar-refractivity contribution in [3.8, 4) is 0 Å². The standard InChI is InChI=1S/C17H24N2O9/c1-10(2)15(24)27-7-5-18-17(26)19(6-8-28-16(25)11(3)4)12(14(22)23)9-13(20)21/h12H,1,3,5-9H2,2,4H3,(H,18,26)(H,20,21)(H,22,23). The second-order valence-corrected chi connectivity index (χ2v) is 5.71. The summed E-state index contributed by atoms with van der Waals surface area (Å²) in [5.74, 6) is -4.37. The van der Waals surface area contributed by atoms with E-state index in [-0.39, 0.29) is 37.4 Å². The SMILES string of the molecule is C=C(C)C(=O)OCCNC(=O)N(CCOC(=O)C(=C)C)C(CC(=O)O)C(=O)O. The van der Waals surface area contributed by atoms with E-state index in [0.717, 1.165) is 0 Å². The molecule has 0 bridgehead atoms. The lowest BCUT2D eigenvalue weighted by Crippen LogP contribution is -2.52. The number of nitrogens with zero attached hydrogens (tertiary/aromatic N) is 1. The van der Waals surface area contributed by atoms with Crippen LogP contribution < -0.4 is 5.32 Å². The average molecular weight is 400 g/mol. The van der Waals surface area contributed by atoms with Crippen LogP contribution in [0.15, 0.2) is 24.3 Å². The zero-order valence-electron chi connectivity index (χ0n) is 15.7. The summed E-state index contributed by atoms with van der Waals surface area (Å²) in [6, 6.07) is -2.62. The molecule has 2 amide bonds. The first kappa shape index (κ1) is 24.6. The number of amides is 2. The molecular weight excluding hydrogens is 376 g/mol. The van der Waals surface area contributed by atoms with Crippen molar-refractivity contribution >= 4 is 29.9 Å². The van der Waals surface area contributed by atoms with E-state index < -0.39 is 42.4 Å². The Morgan fingerprint density at radius 3 is 1.89 bits per heavy atom. The van der Waals surface area contributed by atoms with Gasteiger partial charge in [-0.15, -0.1) is 0 Å². The Balaban J connectivity index is 4.99. The van der Waals surface area contributed by atoms with Crippen LogP contribution in [0.4, 0.5) is 4.79 Å². The lowest BCUT2D eigenvalue weighted by atomic mass is 10.2. The first-order chi connectivity index (χ1) is 13.0. The molecule has 0 aliphatic rings. The van der Waals surface area contributed by atoms with Crippen molar-refractivity contribution < 1.29 is 43.7 Å². The van der Waals surface area contributed by atoms with E-state index >= 15 is 0 Å². The first-order valence-corrected chi connectivity index (χ1v) is 8.11. The normalized spacial score (nSPS) is 10.9. The Labute approximate surface area is 161 Å². The number of carbonyl (C=O) groups excluding carboxylic acids is 3. The molecule has 0 fully saturated rings. The Morgan fingerprint density at radius 2 is 1.46 bits per heavy atom. The maximum Gasteiger partial charge on any atom is 0.333 e. The summed E-state index contributed by atoms with van der Waals surface area (Å²) in [5.41, 5.74) is 0.273. The number of carbonyl (C=O) groups is 5. The number of carboxylic acids is 2. The van der Waals surface area contributed by atoms with Gasteiger partial charge in [0.15, 0.2) is 0 Å². The number of aliphatic carboxylic acids is 2. The van der Waals surface area contributed by atoms with Gasteiger partial charge in [0.25, 0.3) is 0 Å². The lowest BCUT2D eigenvalue weighted by Gasteiger charge is -2.28. The average Bonchev–Trinajstić information content (AvgIpc) is 2.59. The molecular formula is C17H24N2O9. The van der Waals surface area contributed by atoms with Crippen LogP contribution in [0, 0.1) is 0 Å². The lowest BCUT2D eigenvalue weighted by molar-refractivity contribution is -0.149. The van der Waals surface area contributed by atoms with Crippen molar-refractivity contribution in [1.29, 1.82) is 0 Å². The smallest absolute Gasteiger partial charge is 0.333 e. The van der Waals surface area contributed by atoms with E-state index in [4.69, 9.17) is 14.6 Å². The summed E-state index contributed by atoms with van der Waals surface area (Å²) in [4.78, 5) is 58.0. The van der Waals surface area contributed by atoms with Crippen LogP contribution >= 0.6 is 0 Å². The summed E-state index contributed by atoms with van der Waals surface area (Å²) < 4.78 is 9.61. The molecule has 0 aromatic rings.